The molecule has 2 bridgehead atoms. The first-order valence-electron chi connectivity index (χ1n) is 7.84. The van der Waals surface area contributed by atoms with E-state index in [1.807, 2.05) is 23.7 Å². The van der Waals surface area contributed by atoms with Crippen LogP contribution in [0.1, 0.15) is 31.5 Å². The Morgan fingerprint density at radius 1 is 1.24 bits per heavy atom. The highest BCUT2D eigenvalue weighted by molar-refractivity contribution is 5.61. The summed E-state index contributed by atoms with van der Waals surface area (Å²) in [4.78, 5) is 7.01. The van der Waals surface area contributed by atoms with Gasteiger partial charge in [0.2, 0.25) is 5.65 Å². The Kier molecular flexibility index (Phi) is 3.06. The summed E-state index contributed by atoms with van der Waals surface area (Å²) < 4.78 is 1.98. The van der Waals surface area contributed by atoms with Crippen LogP contribution in [-0.4, -0.2) is 50.2 Å². The van der Waals surface area contributed by atoms with Crippen LogP contribution < -0.4 is 5.32 Å². The van der Waals surface area contributed by atoms with Gasteiger partial charge in [0.1, 0.15) is 5.82 Å². The number of anilines is 1. The minimum atomic E-state index is 0.741. The summed E-state index contributed by atoms with van der Waals surface area (Å²) in [5.41, 5.74) is 0.825. The minimum absolute atomic E-state index is 0.741. The Balaban J connectivity index is 1.47. The molecule has 2 fully saturated rings. The van der Waals surface area contributed by atoms with Crippen molar-refractivity contribution in [2.24, 2.45) is 5.92 Å². The lowest BCUT2D eigenvalue weighted by Crippen LogP contribution is -2.41. The summed E-state index contributed by atoms with van der Waals surface area (Å²) in [6.07, 6.45) is 9.06. The summed E-state index contributed by atoms with van der Waals surface area (Å²) in [6.45, 7) is 2.94. The maximum absolute atomic E-state index is 4.43. The van der Waals surface area contributed by atoms with Crippen LogP contribution in [0.2, 0.25) is 0 Å². The minimum Gasteiger partial charge on any atom is -0.367 e. The zero-order chi connectivity index (χ0) is 14.4. The second-order valence-corrected chi connectivity index (χ2v) is 6.49. The SMILES string of the molecule is Cc1nnc2c(NCC3CC4CCC(C3)N4C)nccn12. The quantitative estimate of drug-likeness (QED) is 0.931. The monoisotopic (exact) mass is 286 g/mol. The molecule has 0 radical (unpaired) electrons. The molecular formula is C15H22N6. The van der Waals surface area contributed by atoms with Gasteiger partial charge in [-0.3, -0.25) is 4.40 Å². The molecule has 0 aromatic carbocycles. The number of hydrogen-bond acceptors (Lipinski definition) is 5. The van der Waals surface area contributed by atoms with Crippen molar-refractivity contribution in [2.45, 2.75) is 44.7 Å². The normalized spacial score (nSPS) is 29.1. The molecule has 0 aliphatic carbocycles. The zero-order valence-electron chi connectivity index (χ0n) is 12.7. The Morgan fingerprint density at radius 3 is 2.76 bits per heavy atom. The highest BCUT2D eigenvalue weighted by Gasteiger charge is 2.38. The van der Waals surface area contributed by atoms with E-state index in [1.165, 1.54) is 25.7 Å². The molecule has 112 valence electrons. The smallest absolute Gasteiger partial charge is 0.203 e. The molecule has 1 N–H and O–H groups in total. The van der Waals surface area contributed by atoms with E-state index in [0.717, 1.165) is 41.8 Å². The highest BCUT2D eigenvalue weighted by atomic mass is 15.3. The van der Waals surface area contributed by atoms with E-state index in [-0.39, 0.29) is 0 Å². The summed E-state index contributed by atoms with van der Waals surface area (Å²) >= 11 is 0. The third-order valence-electron chi connectivity index (χ3n) is 5.25. The number of aromatic nitrogens is 4. The Labute approximate surface area is 124 Å². The highest BCUT2D eigenvalue weighted by Crippen LogP contribution is 2.37. The largest absolute Gasteiger partial charge is 0.367 e. The molecular weight excluding hydrogens is 264 g/mol. The molecule has 0 spiro atoms. The third kappa shape index (κ3) is 2.18. The number of rotatable bonds is 3. The lowest BCUT2D eigenvalue weighted by molar-refractivity contribution is 0.139. The van der Waals surface area contributed by atoms with E-state index in [0.29, 0.717) is 0 Å². The number of nitrogens with one attached hydrogen (secondary N) is 1. The molecule has 2 saturated heterocycles. The summed E-state index contributed by atoms with van der Waals surface area (Å²) in [5, 5.41) is 11.8. The first-order valence-corrected chi connectivity index (χ1v) is 7.84. The van der Waals surface area contributed by atoms with Crippen LogP contribution >= 0.6 is 0 Å². The molecule has 2 atom stereocenters. The van der Waals surface area contributed by atoms with Crippen LogP contribution in [0.15, 0.2) is 12.4 Å². The maximum Gasteiger partial charge on any atom is 0.203 e. The van der Waals surface area contributed by atoms with Gasteiger partial charge in [-0.05, 0) is 45.6 Å². The predicted octanol–water partition coefficient (Wildman–Crippen LogP) is 1.72. The molecule has 6 nitrogen and oxygen atoms in total. The van der Waals surface area contributed by atoms with Crippen LogP contribution in [0.25, 0.3) is 5.65 Å². The van der Waals surface area contributed by atoms with Gasteiger partial charge in [-0.25, -0.2) is 4.98 Å². The predicted molar refractivity (Wildman–Crippen MR) is 81.3 cm³/mol. The van der Waals surface area contributed by atoms with Gasteiger partial charge in [0.05, 0.1) is 0 Å². The van der Waals surface area contributed by atoms with Crippen LogP contribution in [0.4, 0.5) is 5.82 Å². The first-order chi connectivity index (χ1) is 10.2. The Morgan fingerprint density at radius 2 is 2.00 bits per heavy atom. The van der Waals surface area contributed by atoms with Crippen molar-refractivity contribution in [3.05, 3.63) is 18.2 Å². The fraction of sp³-hybridized carbons (Fsp3) is 0.667. The Bertz CT molecular complexity index is 637. The van der Waals surface area contributed by atoms with E-state index in [2.05, 4.69) is 32.4 Å². The summed E-state index contributed by atoms with van der Waals surface area (Å²) in [6, 6.07) is 1.57. The van der Waals surface area contributed by atoms with Crippen LogP contribution in [0, 0.1) is 12.8 Å². The summed E-state index contributed by atoms with van der Waals surface area (Å²) in [5.74, 6) is 2.49. The van der Waals surface area contributed by atoms with E-state index >= 15 is 0 Å². The van der Waals surface area contributed by atoms with E-state index < -0.39 is 0 Å². The van der Waals surface area contributed by atoms with Crippen molar-refractivity contribution in [3.8, 4) is 0 Å². The van der Waals surface area contributed by atoms with Gasteiger partial charge in [-0.2, -0.15) is 0 Å². The number of fused-ring (bicyclic) bond motifs is 3. The van der Waals surface area contributed by atoms with Gasteiger partial charge in [-0.1, -0.05) is 0 Å². The first kappa shape index (κ1) is 13.0. The zero-order valence-corrected chi connectivity index (χ0v) is 12.7. The van der Waals surface area contributed by atoms with Gasteiger partial charge in [-0.15, -0.1) is 10.2 Å². The molecule has 6 heteroatoms. The van der Waals surface area contributed by atoms with Gasteiger partial charge < -0.3 is 10.2 Å². The average Bonchev–Trinajstić information content (AvgIpc) is 2.94. The molecule has 2 aromatic rings. The van der Waals surface area contributed by atoms with Gasteiger partial charge in [0.25, 0.3) is 0 Å². The lowest BCUT2D eigenvalue weighted by Gasteiger charge is -2.36. The van der Waals surface area contributed by atoms with Crippen molar-refractivity contribution < 1.29 is 0 Å². The van der Waals surface area contributed by atoms with Crippen molar-refractivity contribution >= 4 is 11.5 Å². The van der Waals surface area contributed by atoms with Crippen LogP contribution in [-0.2, 0) is 0 Å². The van der Waals surface area contributed by atoms with Gasteiger partial charge in [0, 0.05) is 31.0 Å². The number of hydrogen-bond donors (Lipinski definition) is 1. The second-order valence-electron chi connectivity index (χ2n) is 6.49. The van der Waals surface area contributed by atoms with E-state index in [1.54, 1.807) is 0 Å². The lowest BCUT2D eigenvalue weighted by atomic mass is 9.91. The fourth-order valence-corrected chi connectivity index (χ4v) is 4.00. The van der Waals surface area contributed by atoms with E-state index in [9.17, 15) is 0 Å². The van der Waals surface area contributed by atoms with Crippen molar-refractivity contribution in [2.75, 3.05) is 18.9 Å². The number of nitrogens with zero attached hydrogens (tertiary/aromatic N) is 5. The standard InChI is InChI=1S/C15H22N6/c1-10-18-19-15-14(16-5-6-21(10)15)17-9-11-7-12-3-4-13(8-11)20(12)2/h5-6,11-13H,3-4,7-9H2,1-2H3,(H,16,17). The van der Waals surface area contributed by atoms with Crippen molar-refractivity contribution in [1.82, 2.24) is 24.5 Å². The molecule has 2 aliphatic heterocycles. The molecule has 21 heavy (non-hydrogen) atoms. The molecule has 4 heterocycles. The van der Waals surface area contributed by atoms with Crippen LogP contribution in [0.3, 0.4) is 0 Å². The van der Waals surface area contributed by atoms with Gasteiger partial charge >= 0.3 is 0 Å². The molecule has 2 aromatic heterocycles. The van der Waals surface area contributed by atoms with E-state index in [4.69, 9.17) is 0 Å². The summed E-state index contributed by atoms with van der Waals surface area (Å²) in [7, 11) is 2.28. The molecule has 4 rings (SSSR count). The number of piperidine rings is 1. The molecule has 2 unspecified atom stereocenters. The molecule has 0 saturated carbocycles. The Hall–Kier alpha value is -1.69. The topological polar surface area (TPSA) is 58.4 Å². The number of aryl methyl sites for hydroxylation is 1. The molecule has 2 aliphatic rings. The van der Waals surface area contributed by atoms with Crippen molar-refractivity contribution in [1.29, 1.82) is 0 Å². The maximum atomic E-state index is 4.43. The van der Waals surface area contributed by atoms with Crippen LogP contribution in [0.5, 0.6) is 0 Å². The third-order valence-corrected chi connectivity index (χ3v) is 5.25. The van der Waals surface area contributed by atoms with Gasteiger partial charge in [0.15, 0.2) is 5.82 Å². The fourth-order valence-electron chi connectivity index (χ4n) is 4.00. The average molecular weight is 286 g/mol. The second kappa shape index (κ2) is 4.94. The molecule has 0 amide bonds. The van der Waals surface area contributed by atoms with Crippen molar-refractivity contribution in [3.63, 3.8) is 0 Å².